The highest BCUT2D eigenvalue weighted by atomic mass is 32.1. The van der Waals surface area contributed by atoms with Gasteiger partial charge >= 0.3 is 0 Å². The first kappa shape index (κ1) is 13.1. The second-order valence-corrected chi connectivity index (χ2v) is 5.97. The lowest BCUT2D eigenvalue weighted by Gasteiger charge is -2.23. The number of aromatic nitrogens is 1. The molecule has 1 N–H and O–H groups in total. The predicted molar refractivity (Wildman–Crippen MR) is 78.8 cm³/mol. The summed E-state index contributed by atoms with van der Waals surface area (Å²) >= 11 is 1.68. The minimum absolute atomic E-state index is 0.0800. The molecular weight excluding hydrogens is 244 g/mol. The highest BCUT2D eigenvalue weighted by Crippen LogP contribution is 2.31. The third kappa shape index (κ3) is 2.93. The lowest BCUT2D eigenvalue weighted by atomic mass is 10.0. The number of nitrogens with zero attached hydrogens (tertiary/aromatic N) is 1. The molecule has 0 saturated heterocycles. The quantitative estimate of drug-likeness (QED) is 0.874. The minimum Gasteiger partial charge on any atom is -0.494 e. The Hall–Kier alpha value is -1.29. The van der Waals surface area contributed by atoms with Crippen LogP contribution in [0.1, 0.15) is 34.1 Å². The van der Waals surface area contributed by atoms with Crippen molar-refractivity contribution < 1.29 is 4.74 Å². The number of hydrogen-bond donors (Lipinski definition) is 1. The number of ether oxygens (including phenoxy) is 1. The Morgan fingerprint density at radius 3 is 2.78 bits per heavy atom. The molecule has 0 unspecified atom stereocenters. The lowest BCUT2D eigenvalue weighted by molar-refractivity contribution is 0.341. The summed E-state index contributed by atoms with van der Waals surface area (Å²) in [6.45, 7) is 9.23. The van der Waals surface area contributed by atoms with E-state index < -0.39 is 0 Å². The van der Waals surface area contributed by atoms with Gasteiger partial charge in [-0.05, 0) is 45.4 Å². The molecule has 0 radical (unpaired) electrons. The van der Waals surface area contributed by atoms with Gasteiger partial charge in [0.2, 0.25) is 0 Å². The van der Waals surface area contributed by atoms with Crippen LogP contribution in [0.2, 0.25) is 0 Å². The van der Waals surface area contributed by atoms with Crippen LogP contribution in [0.5, 0.6) is 5.75 Å². The predicted octanol–water partition coefficient (Wildman–Crippen LogP) is 4.30. The second kappa shape index (κ2) is 5.14. The fourth-order valence-corrected chi connectivity index (χ4v) is 2.67. The fourth-order valence-electron chi connectivity index (χ4n) is 1.59. The number of benzene rings is 1. The van der Waals surface area contributed by atoms with Gasteiger partial charge < -0.3 is 10.1 Å². The Kier molecular flexibility index (Phi) is 3.76. The van der Waals surface area contributed by atoms with Crippen LogP contribution >= 0.6 is 11.3 Å². The third-order valence-electron chi connectivity index (χ3n) is 3.00. The van der Waals surface area contributed by atoms with Gasteiger partial charge in [-0.1, -0.05) is 18.3 Å². The zero-order chi connectivity index (χ0) is 13.2. The van der Waals surface area contributed by atoms with Crippen LogP contribution in [0, 0.1) is 0 Å². The van der Waals surface area contributed by atoms with Gasteiger partial charge in [0.15, 0.2) is 5.13 Å². The van der Waals surface area contributed by atoms with E-state index in [1.54, 1.807) is 11.3 Å². The third-order valence-corrected chi connectivity index (χ3v) is 3.93. The van der Waals surface area contributed by atoms with Crippen LogP contribution in [-0.4, -0.2) is 17.1 Å². The first-order chi connectivity index (χ1) is 8.54. The number of nitrogens with one attached hydrogen (secondary N) is 1. The van der Waals surface area contributed by atoms with Crippen molar-refractivity contribution >= 4 is 26.7 Å². The monoisotopic (exact) mass is 264 g/mol. The maximum atomic E-state index is 5.50. The number of fused-ring (bicyclic) bond motifs is 1. The maximum Gasteiger partial charge on any atom is 0.184 e. The molecule has 18 heavy (non-hydrogen) atoms. The van der Waals surface area contributed by atoms with E-state index in [1.165, 1.54) is 0 Å². The Morgan fingerprint density at radius 2 is 2.11 bits per heavy atom. The molecule has 0 aliphatic heterocycles. The van der Waals surface area contributed by atoms with Crippen molar-refractivity contribution in [1.29, 1.82) is 0 Å². The van der Waals surface area contributed by atoms with Gasteiger partial charge in [0.05, 0.1) is 16.8 Å². The molecule has 0 amide bonds. The van der Waals surface area contributed by atoms with E-state index in [4.69, 9.17) is 4.74 Å². The van der Waals surface area contributed by atoms with Gasteiger partial charge in [-0.25, -0.2) is 4.98 Å². The van der Waals surface area contributed by atoms with E-state index in [1.807, 2.05) is 19.1 Å². The van der Waals surface area contributed by atoms with Gasteiger partial charge in [-0.2, -0.15) is 0 Å². The zero-order valence-corrected chi connectivity index (χ0v) is 12.2. The molecule has 2 aromatic rings. The molecule has 0 aliphatic rings. The maximum absolute atomic E-state index is 5.50. The normalized spacial score (nSPS) is 11.8. The average molecular weight is 264 g/mol. The van der Waals surface area contributed by atoms with Gasteiger partial charge in [-0.15, -0.1) is 0 Å². The Morgan fingerprint density at radius 1 is 1.33 bits per heavy atom. The molecule has 0 aliphatic carbocycles. The molecule has 1 aromatic heterocycles. The van der Waals surface area contributed by atoms with E-state index in [0.717, 1.165) is 27.5 Å². The van der Waals surface area contributed by atoms with Crippen molar-refractivity contribution in [1.82, 2.24) is 4.98 Å². The summed E-state index contributed by atoms with van der Waals surface area (Å²) in [5.41, 5.74) is 1.11. The van der Waals surface area contributed by atoms with Crippen LogP contribution in [0.4, 0.5) is 5.13 Å². The van der Waals surface area contributed by atoms with E-state index in [9.17, 15) is 0 Å². The summed E-state index contributed by atoms with van der Waals surface area (Å²) in [6.07, 6.45) is 1.06. The number of rotatable bonds is 5. The number of hydrogen-bond acceptors (Lipinski definition) is 4. The van der Waals surface area contributed by atoms with Crippen LogP contribution < -0.4 is 10.1 Å². The zero-order valence-electron chi connectivity index (χ0n) is 11.4. The molecule has 0 bridgehead atoms. The topological polar surface area (TPSA) is 34.1 Å². The molecule has 1 aromatic carbocycles. The number of anilines is 1. The van der Waals surface area contributed by atoms with Gasteiger partial charge in [0, 0.05) is 5.54 Å². The van der Waals surface area contributed by atoms with Crippen molar-refractivity contribution in [3.05, 3.63) is 18.2 Å². The smallest absolute Gasteiger partial charge is 0.184 e. The van der Waals surface area contributed by atoms with Crippen molar-refractivity contribution in [2.45, 2.75) is 39.7 Å². The van der Waals surface area contributed by atoms with Gasteiger partial charge in [-0.3, -0.25) is 0 Å². The SMILES string of the molecule is CCOc1ccc2nc(NC(C)(C)CC)sc2c1. The molecule has 0 fully saturated rings. The van der Waals surface area contributed by atoms with Crippen molar-refractivity contribution in [2.24, 2.45) is 0 Å². The first-order valence-corrected chi connectivity index (χ1v) is 7.17. The minimum atomic E-state index is 0.0800. The van der Waals surface area contributed by atoms with Crippen LogP contribution in [0.25, 0.3) is 10.2 Å². The van der Waals surface area contributed by atoms with E-state index >= 15 is 0 Å². The molecule has 0 saturated carbocycles. The molecule has 2 rings (SSSR count). The largest absolute Gasteiger partial charge is 0.494 e. The van der Waals surface area contributed by atoms with Gasteiger partial charge in [0.25, 0.3) is 0 Å². The highest BCUT2D eigenvalue weighted by molar-refractivity contribution is 7.22. The summed E-state index contributed by atoms with van der Waals surface area (Å²) in [6, 6.07) is 6.04. The summed E-state index contributed by atoms with van der Waals surface area (Å²) in [7, 11) is 0. The molecule has 4 heteroatoms. The van der Waals surface area contributed by atoms with Crippen LogP contribution in [0.15, 0.2) is 18.2 Å². The standard InChI is InChI=1S/C14H20N2OS/c1-5-14(3,4)16-13-15-11-8-7-10(17-6-2)9-12(11)18-13/h7-9H,5-6H2,1-4H3,(H,15,16). The molecular formula is C14H20N2OS. The summed E-state index contributed by atoms with van der Waals surface area (Å²) in [4.78, 5) is 4.60. The Labute approximate surface area is 112 Å². The van der Waals surface area contributed by atoms with Crippen LogP contribution in [0.3, 0.4) is 0 Å². The van der Waals surface area contributed by atoms with Crippen molar-refractivity contribution in [2.75, 3.05) is 11.9 Å². The van der Waals surface area contributed by atoms with Crippen LogP contribution in [-0.2, 0) is 0 Å². The lowest BCUT2D eigenvalue weighted by Crippen LogP contribution is -2.29. The fraction of sp³-hybridized carbons (Fsp3) is 0.500. The average Bonchev–Trinajstić information content (AvgIpc) is 2.70. The Bertz CT molecular complexity index is 534. The molecule has 3 nitrogen and oxygen atoms in total. The molecule has 0 spiro atoms. The Balaban J connectivity index is 2.27. The molecule has 0 atom stereocenters. The van der Waals surface area contributed by atoms with E-state index in [-0.39, 0.29) is 5.54 Å². The van der Waals surface area contributed by atoms with Gasteiger partial charge in [0.1, 0.15) is 5.75 Å². The first-order valence-electron chi connectivity index (χ1n) is 6.35. The van der Waals surface area contributed by atoms with Crippen molar-refractivity contribution in [3.63, 3.8) is 0 Å². The van der Waals surface area contributed by atoms with Crippen molar-refractivity contribution in [3.8, 4) is 5.75 Å². The highest BCUT2D eigenvalue weighted by Gasteiger charge is 2.16. The second-order valence-electron chi connectivity index (χ2n) is 4.94. The summed E-state index contributed by atoms with van der Waals surface area (Å²) in [5.74, 6) is 0.912. The van der Waals surface area contributed by atoms with E-state index in [2.05, 4.69) is 37.1 Å². The molecule has 1 heterocycles. The van der Waals surface area contributed by atoms with E-state index in [0.29, 0.717) is 6.61 Å². The number of thiazole rings is 1. The molecule has 98 valence electrons. The summed E-state index contributed by atoms with van der Waals surface area (Å²) in [5, 5.41) is 4.45. The summed E-state index contributed by atoms with van der Waals surface area (Å²) < 4.78 is 6.67.